The summed E-state index contributed by atoms with van der Waals surface area (Å²) in [5, 5.41) is 14.0. The molecule has 1 saturated heterocycles. The summed E-state index contributed by atoms with van der Waals surface area (Å²) >= 11 is 0. The van der Waals surface area contributed by atoms with Crippen LogP contribution in [0.3, 0.4) is 0 Å². The second-order valence-electron chi connectivity index (χ2n) is 9.38. The van der Waals surface area contributed by atoms with Crippen LogP contribution in [0.5, 0.6) is 0 Å². The number of nitrogens with zero attached hydrogens (tertiary/aromatic N) is 4. The molecule has 9 N–H and O–H groups in total. The van der Waals surface area contributed by atoms with Crippen molar-refractivity contribution >= 4 is 35.1 Å². The average Bonchev–Trinajstić information content (AvgIpc) is 3.66. The Hall–Kier alpha value is -4.76. The molecule has 40 heavy (non-hydrogen) atoms. The van der Waals surface area contributed by atoms with Gasteiger partial charge in [0.1, 0.15) is 6.54 Å². The number of nitrogens with one attached hydrogen (secondary N) is 4. The number of carboxylic acids is 1. The SMILES string of the molecule is N[C@@H](Cc1cnc[nH]1)C(=O)Nc1cc(C(=O)NCC(=O)O)ccc1N1CCN(C(=O)[C@@H](N)Cc2cnc[nH]2)CC1. The summed E-state index contributed by atoms with van der Waals surface area (Å²) < 4.78 is 0. The second-order valence-corrected chi connectivity index (χ2v) is 9.38. The van der Waals surface area contributed by atoms with Gasteiger partial charge in [-0.25, -0.2) is 9.97 Å². The van der Waals surface area contributed by atoms with Crippen molar-refractivity contribution < 1.29 is 24.3 Å². The summed E-state index contributed by atoms with van der Waals surface area (Å²) in [6.07, 6.45) is 6.80. The summed E-state index contributed by atoms with van der Waals surface area (Å²) in [4.78, 5) is 66.7. The first-order valence-electron chi connectivity index (χ1n) is 12.7. The van der Waals surface area contributed by atoms with E-state index in [0.717, 1.165) is 5.69 Å². The van der Waals surface area contributed by atoms with Crippen LogP contribution in [0.4, 0.5) is 11.4 Å². The molecule has 1 aromatic carbocycles. The number of piperazine rings is 1. The number of benzene rings is 1. The minimum atomic E-state index is -1.18. The largest absolute Gasteiger partial charge is 0.480 e. The first-order chi connectivity index (χ1) is 19.2. The summed E-state index contributed by atoms with van der Waals surface area (Å²) in [7, 11) is 0. The Morgan fingerprint density at radius 2 is 1.57 bits per heavy atom. The van der Waals surface area contributed by atoms with Gasteiger partial charge in [-0.05, 0) is 18.2 Å². The zero-order valence-corrected chi connectivity index (χ0v) is 21.7. The summed E-state index contributed by atoms with van der Waals surface area (Å²) in [5.41, 5.74) is 14.8. The van der Waals surface area contributed by atoms with Gasteiger partial charge >= 0.3 is 5.97 Å². The zero-order chi connectivity index (χ0) is 28.6. The summed E-state index contributed by atoms with van der Waals surface area (Å²) in [6.45, 7) is 1.17. The molecule has 3 aromatic rings. The highest BCUT2D eigenvalue weighted by atomic mass is 16.4. The number of aromatic nitrogens is 4. The lowest BCUT2D eigenvalue weighted by atomic mass is 10.1. The Kier molecular flexibility index (Phi) is 9.08. The van der Waals surface area contributed by atoms with Crippen LogP contribution in [0.25, 0.3) is 0 Å². The van der Waals surface area contributed by atoms with Gasteiger partial charge < -0.3 is 47.0 Å². The van der Waals surface area contributed by atoms with Crippen LogP contribution in [0.2, 0.25) is 0 Å². The maximum Gasteiger partial charge on any atom is 0.322 e. The molecule has 0 bridgehead atoms. The maximum absolute atomic E-state index is 13.0. The standard InChI is InChI=1S/C25H32N10O5/c26-18(8-16-10-28-13-31-16)24(39)33-20-7-15(23(38)30-12-22(36)37)1-2-21(20)34-3-5-35(6-4-34)25(40)19(27)9-17-11-29-14-32-17/h1-2,7,10-11,13-14,18-19H,3-6,8-9,12,26-27H2,(H,28,31)(H,29,32)(H,30,38)(H,33,39)(H,36,37)/t18-,19-/m0/s1. The molecule has 1 fully saturated rings. The number of amides is 3. The van der Waals surface area contributed by atoms with E-state index in [1.807, 2.05) is 4.90 Å². The third-order valence-electron chi connectivity index (χ3n) is 6.49. The molecule has 1 aliphatic rings. The third kappa shape index (κ3) is 7.21. The molecular formula is C25H32N10O5. The number of carboxylic acid groups (broad SMARTS) is 1. The van der Waals surface area contributed by atoms with Gasteiger partial charge in [-0.1, -0.05) is 0 Å². The first-order valence-corrected chi connectivity index (χ1v) is 12.7. The fourth-order valence-electron chi connectivity index (χ4n) is 4.39. The lowest BCUT2D eigenvalue weighted by molar-refractivity contribution is -0.136. The number of anilines is 2. The van der Waals surface area contributed by atoms with Crippen LogP contribution >= 0.6 is 0 Å². The van der Waals surface area contributed by atoms with Crippen molar-refractivity contribution in [1.82, 2.24) is 30.2 Å². The molecule has 212 valence electrons. The van der Waals surface area contributed by atoms with Gasteiger partial charge in [0, 0.05) is 68.4 Å². The van der Waals surface area contributed by atoms with Crippen LogP contribution in [0.1, 0.15) is 21.7 Å². The smallest absolute Gasteiger partial charge is 0.322 e. The van der Waals surface area contributed by atoms with Crippen LogP contribution in [-0.4, -0.2) is 98.4 Å². The highest BCUT2D eigenvalue weighted by Gasteiger charge is 2.27. The molecule has 15 nitrogen and oxygen atoms in total. The zero-order valence-electron chi connectivity index (χ0n) is 21.7. The minimum absolute atomic E-state index is 0.168. The molecule has 3 heterocycles. The first kappa shape index (κ1) is 28.3. The van der Waals surface area contributed by atoms with E-state index in [0.29, 0.717) is 49.7 Å². The number of rotatable bonds is 11. The lowest BCUT2D eigenvalue weighted by Crippen LogP contribution is -2.53. The predicted octanol–water partition coefficient (Wildman–Crippen LogP) is -1.33. The fourth-order valence-corrected chi connectivity index (χ4v) is 4.39. The van der Waals surface area contributed by atoms with Crippen molar-refractivity contribution in [2.24, 2.45) is 11.5 Å². The number of aromatic amines is 2. The van der Waals surface area contributed by atoms with Gasteiger partial charge in [0.2, 0.25) is 11.8 Å². The van der Waals surface area contributed by atoms with Crippen molar-refractivity contribution in [3.63, 3.8) is 0 Å². The van der Waals surface area contributed by atoms with Gasteiger partial charge in [-0.15, -0.1) is 0 Å². The number of nitrogens with two attached hydrogens (primary N) is 2. The molecule has 2 atom stereocenters. The monoisotopic (exact) mass is 552 g/mol. The molecule has 4 rings (SSSR count). The van der Waals surface area contributed by atoms with Crippen LogP contribution < -0.4 is 27.0 Å². The predicted molar refractivity (Wildman–Crippen MR) is 144 cm³/mol. The van der Waals surface area contributed by atoms with Gasteiger partial charge in [0.15, 0.2) is 0 Å². The topological polar surface area (TPSA) is 228 Å². The minimum Gasteiger partial charge on any atom is -0.480 e. The Labute approximate surface area is 229 Å². The van der Waals surface area contributed by atoms with E-state index in [1.165, 1.54) is 18.7 Å². The number of aliphatic carboxylic acids is 1. The average molecular weight is 553 g/mol. The van der Waals surface area contributed by atoms with Crippen molar-refractivity contribution in [2.45, 2.75) is 24.9 Å². The summed E-state index contributed by atoms with van der Waals surface area (Å²) in [5.74, 6) is -2.43. The van der Waals surface area contributed by atoms with Gasteiger partial charge in [0.25, 0.3) is 5.91 Å². The number of imidazole rings is 2. The molecule has 3 amide bonds. The van der Waals surface area contributed by atoms with E-state index in [4.69, 9.17) is 16.6 Å². The number of hydrogen-bond donors (Lipinski definition) is 7. The van der Waals surface area contributed by atoms with Gasteiger partial charge in [-0.3, -0.25) is 19.2 Å². The molecule has 0 spiro atoms. The van der Waals surface area contributed by atoms with E-state index in [-0.39, 0.29) is 17.9 Å². The van der Waals surface area contributed by atoms with E-state index in [1.54, 1.807) is 29.4 Å². The van der Waals surface area contributed by atoms with E-state index in [9.17, 15) is 19.2 Å². The van der Waals surface area contributed by atoms with Crippen molar-refractivity contribution in [3.8, 4) is 0 Å². The molecule has 15 heteroatoms. The molecule has 0 saturated carbocycles. The molecule has 0 aliphatic carbocycles. The highest BCUT2D eigenvalue weighted by Crippen LogP contribution is 2.29. The maximum atomic E-state index is 13.0. The van der Waals surface area contributed by atoms with Crippen LogP contribution in [0.15, 0.2) is 43.2 Å². The van der Waals surface area contributed by atoms with Crippen molar-refractivity contribution in [2.75, 3.05) is 42.9 Å². The number of H-pyrrole nitrogens is 2. The Morgan fingerprint density at radius 1 is 0.950 bits per heavy atom. The molecular weight excluding hydrogens is 520 g/mol. The van der Waals surface area contributed by atoms with E-state index < -0.39 is 36.4 Å². The third-order valence-corrected chi connectivity index (χ3v) is 6.49. The van der Waals surface area contributed by atoms with Crippen molar-refractivity contribution in [3.05, 3.63) is 60.2 Å². The van der Waals surface area contributed by atoms with Crippen LogP contribution in [0, 0.1) is 0 Å². The highest BCUT2D eigenvalue weighted by molar-refractivity contribution is 6.02. The quantitative estimate of drug-likeness (QED) is 0.148. The number of carbonyl (C=O) groups is 4. The summed E-state index contributed by atoms with van der Waals surface area (Å²) in [6, 6.07) is 3.09. The Bertz CT molecular complexity index is 1320. The van der Waals surface area contributed by atoms with Gasteiger partial charge in [-0.2, -0.15) is 0 Å². The molecule has 1 aliphatic heterocycles. The Morgan fingerprint density at radius 3 is 2.15 bits per heavy atom. The fraction of sp³-hybridized carbons (Fsp3) is 0.360. The molecule has 2 aromatic heterocycles. The van der Waals surface area contributed by atoms with E-state index >= 15 is 0 Å². The Balaban J connectivity index is 1.46. The lowest BCUT2D eigenvalue weighted by Gasteiger charge is -2.38. The number of hydrogen-bond acceptors (Lipinski definition) is 9. The number of carbonyl (C=O) groups excluding carboxylic acids is 3. The normalized spacial score (nSPS) is 14.8. The van der Waals surface area contributed by atoms with E-state index in [2.05, 4.69) is 30.6 Å². The van der Waals surface area contributed by atoms with Crippen molar-refractivity contribution in [1.29, 1.82) is 0 Å². The van der Waals surface area contributed by atoms with Gasteiger partial charge in [0.05, 0.1) is 36.1 Å². The second kappa shape index (κ2) is 12.9. The van der Waals surface area contributed by atoms with Crippen LogP contribution in [-0.2, 0) is 27.2 Å². The molecule has 0 unspecified atom stereocenters. The molecule has 0 radical (unpaired) electrons.